The van der Waals surface area contributed by atoms with Gasteiger partial charge in [-0.25, -0.2) is 0 Å². The zero-order valence-corrected chi connectivity index (χ0v) is 24.5. The largest absolute Gasteiger partial charge is 0.396 e. The van der Waals surface area contributed by atoms with E-state index >= 15 is 0 Å². The third kappa shape index (κ3) is 6.28. The Bertz CT molecular complexity index is 1420. The quantitative estimate of drug-likeness (QED) is 0.241. The molecule has 3 heterocycles. The van der Waals surface area contributed by atoms with Crippen LogP contribution in [0.25, 0.3) is 0 Å². The predicted molar refractivity (Wildman–Crippen MR) is 159 cm³/mol. The van der Waals surface area contributed by atoms with Gasteiger partial charge < -0.3 is 25.7 Å². The number of amides is 2. The summed E-state index contributed by atoms with van der Waals surface area (Å²) >= 11 is 3.50. The second-order valence-electron chi connectivity index (χ2n) is 10.6. The summed E-state index contributed by atoms with van der Waals surface area (Å²) in [5, 5.41) is 35.2. The number of nitrogens with one attached hydrogen (secondary N) is 2. The lowest BCUT2D eigenvalue weighted by Gasteiger charge is -2.27. The van der Waals surface area contributed by atoms with Crippen LogP contribution in [0.4, 0.5) is 11.4 Å². The Labute approximate surface area is 247 Å². The SMILES string of the molecule is C[C@H](/C=C/CCn1cc(CCO)nn1)[C@@]1(O)C(=O)N(Cc2ccc(NC(=O)[C@H]3CCCN3)cc2)c2ccc(Br)cc21. The Balaban J connectivity index is 1.27. The van der Waals surface area contributed by atoms with E-state index in [-0.39, 0.29) is 31.0 Å². The van der Waals surface area contributed by atoms with Gasteiger partial charge in [0.15, 0.2) is 5.60 Å². The fourth-order valence-corrected chi connectivity index (χ4v) is 5.77. The molecule has 0 saturated carbocycles. The Morgan fingerprint density at radius 1 is 1.29 bits per heavy atom. The third-order valence-electron chi connectivity index (χ3n) is 7.73. The number of anilines is 2. The number of carbonyl (C=O) groups is 2. The molecule has 0 bridgehead atoms. The maximum Gasteiger partial charge on any atom is 0.264 e. The summed E-state index contributed by atoms with van der Waals surface area (Å²) in [6.45, 7) is 3.60. The van der Waals surface area contributed by atoms with E-state index in [4.69, 9.17) is 5.11 Å². The molecule has 41 heavy (non-hydrogen) atoms. The molecule has 2 amide bonds. The van der Waals surface area contributed by atoms with Crippen LogP contribution in [0.2, 0.25) is 0 Å². The van der Waals surface area contributed by atoms with E-state index in [1.807, 2.05) is 61.5 Å². The second-order valence-corrected chi connectivity index (χ2v) is 11.5. The predicted octanol–water partition coefficient (Wildman–Crippen LogP) is 3.28. The van der Waals surface area contributed by atoms with Crippen LogP contribution in [0.3, 0.4) is 0 Å². The van der Waals surface area contributed by atoms with Gasteiger partial charge in [-0.2, -0.15) is 0 Å². The second kappa shape index (κ2) is 12.6. The lowest BCUT2D eigenvalue weighted by atomic mass is 9.83. The van der Waals surface area contributed by atoms with E-state index < -0.39 is 11.5 Å². The zero-order chi connectivity index (χ0) is 29.0. The topological polar surface area (TPSA) is 133 Å². The van der Waals surface area contributed by atoms with Crippen LogP contribution in [0.5, 0.6) is 0 Å². The molecule has 3 aromatic rings. The molecule has 3 atom stereocenters. The van der Waals surface area contributed by atoms with Crippen LogP contribution in [0, 0.1) is 5.92 Å². The molecule has 0 radical (unpaired) electrons. The van der Waals surface area contributed by atoms with Gasteiger partial charge in [-0.15, -0.1) is 5.10 Å². The molecule has 2 aliphatic rings. The molecule has 0 spiro atoms. The van der Waals surface area contributed by atoms with E-state index in [1.54, 1.807) is 15.8 Å². The van der Waals surface area contributed by atoms with Gasteiger partial charge in [-0.3, -0.25) is 14.3 Å². The molecule has 2 aliphatic heterocycles. The van der Waals surface area contributed by atoms with Gasteiger partial charge in [0.1, 0.15) is 0 Å². The summed E-state index contributed by atoms with van der Waals surface area (Å²) in [5.74, 6) is -0.905. The van der Waals surface area contributed by atoms with Crippen molar-refractivity contribution in [2.24, 2.45) is 5.92 Å². The first kappa shape index (κ1) is 29.1. The smallest absolute Gasteiger partial charge is 0.264 e. The van der Waals surface area contributed by atoms with Crippen molar-refractivity contribution in [1.29, 1.82) is 0 Å². The van der Waals surface area contributed by atoms with Crippen molar-refractivity contribution in [3.8, 4) is 0 Å². The molecule has 10 nitrogen and oxygen atoms in total. The van der Waals surface area contributed by atoms with Gasteiger partial charge in [0.2, 0.25) is 5.91 Å². The molecule has 5 rings (SSSR count). The Morgan fingerprint density at radius 2 is 2.10 bits per heavy atom. The van der Waals surface area contributed by atoms with Crippen LogP contribution >= 0.6 is 15.9 Å². The van der Waals surface area contributed by atoms with Crippen molar-refractivity contribution in [1.82, 2.24) is 20.3 Å². The minimum absolute atomic E-state index is 0.0269. The fourth-order valence-electron chi connectivity index (χ4n) is 5.41. The first-order chi connectivity index (χ1) is 19.8. The minimum atomic E-state index is -1.72. The lowest BCUT2D eigenvalue weighted by Crippen LogP contribution is -2.44. The van der Waals surface area contributed by atoms with Crippen LogP contribution in [0.15, 0.2) is 65.3 Å². The molecule has 0 aliphatic carbocycles. The molecule has 0 unspecified atom stereocenters. The molecule has 1 aromatic heterocycles. The van der Waals surface area contributed by atoms with Crippen molar-refractivity contribution in [2.75, 3.05) is 23.4 Å². The number of rotatable bonds is 11. The molecular formula is C30H35BrN6O4. The molecular weight excluding hydrogens is 588 g/mol. The summed E-state index contributed by atoms with van der Waals surface area (Å²) in [6, 6.07) is 12.8. The number of aliphatic hydroxyl groups excluding tert-OH is 1. The highest BCUT2D eigenvalue weighted by atomic mass is 79.9. The van der Waals surface area contributed by atoms with Gasteiger partial charge >= 0.3 is 0 Å². The number of hydrogen-bond donors (Lipinski definition) is 4. The van der Waals surface area contributed by atoms with Crippen LogP contribution in [-0.2, 0) is 34.7 Å². The van der Waals surface area contributed by atoms with E-state index in [0.29, 0.717) is 36.3 Å². The van der Waals surface area contributed by atoms with Crippen LogP contribution < -0.4 is 15.5 Å². The number of aliphatic hydroxyl groups is 2. The number of aryl methyl sites for hydroxylation is 1. The van der Waals surface area contributed by atoms with Crippen LogP contribution in [0.1, 0.15) is 43.0 Å². The highest BCUT2D eigenvalue weighted by Crippen LogP contribution is 2.46. The molecule has 1 saturated heterocycles. The van der Waals surface area contributed by atoms with Gasteiger partial charge in [0, 0.05) is 47.4 Å². The van der Waals surface area contributed by atoms with E-state index in [0.717, 1.165) is 35.1 Å². The number of carbonyl (C=O) groups excluding carboxylic acids is 2. The zero-order valence-electron chi connectivity index (χ0n) is 23.0. The summed E-state index contributed by atoms with van der Waals surface area (Å²) in [5.41, 5.74) is 1.83. The van der Waals surface area contributed by atoms with Gasteiger partial charge in [0.05, 0.1) is 24.0 Å². The van der Waals surface area contributed by atoms with Crippen molar-refractivity contribution in [3.05, 3.63) is 82.1 Å². The number of benzene rings is 2. The number of aromatic nitrogens is 3. The van der Waals surface area contributed by atoms with E-state index in [9.17, 15) is 14.7 Å². The molecule has 11 heteroatoms. The number of halogens is 1. The highest BCUT2D eigenvalue weighted by molar-refractivity contribution is 9.10. The Morgan fingerprint density at radius 3 is 2.83 bits per heavy atom. The van der Waals surface area contributed by atoms with Crippen molar-refractivity contribution < 1.29 is 19.8 Å². The lowest BCUT2D eigenvalue weighted by molar-refractivity contribution is -0.139. The van der Waals surface area contributed by atoms with Gasteiger partial charge in [-0.1, -0.05) is 52.4 Å². The summed E-state index contributed by atoms with van der Waals surface area (Å²) in [6.07, 6.45) is 8.56. The maximum atomic E-state index is 13.8. The van der Waals surface area contributed by atoms with Crippen molar-refractivity contribution in [2.45, 2.75) is 57.3 Å². The van der Waals surface area contributed by atoms with Crippen molar-refractivity contribution in [3.63, 3.8) is 0 Å². The summed E-state index contributed by atoms with van der Waals surface area (Å²) in [7, 11) is 0. The third-order valence-corrected chi connectivity index (χ3v) is 8.23. The highest BCUT2D eigenvalue weighted by Gasteiger charge is 2.52. The maximum absolute atomic E-state index is 13.8. The monoisotopic (exact) mass is 622 g/mol. The summed E-state index contributed by atoms with van der Waals surface area (Å²) < 4.78 is 2.49. The van der Waals surface area contributed by atoms with Crippen LogP contribution in [-0.4, -0.2) is 56.2 Å². The number of hydrogen-bond acceptors (Lipinski definition) is 7. The number of fused-ring (bicyclic) bond motifs is 1. The summed E-state index contributed by atoms with van der Waals surface area (Å²) in [4.78, 5) is 27.9. The van der Waals surface area contributed by atoms with Gasteiger partial charge in [-0.05, 0) is 61.7 Å². The first-order valence-electron chi connectivity index (χ1n) is 13.9. The van der Waals surface area contributed by atoms with E-state index in [2.05, 4.69) is 36.9 Å². The Hall–Kier alpha value is -3.38. The first-order valence-corrected chi connectivity index (χ1v) is 14.7. The average Bonchev–Trinajstić information content (AvgIpc) is 3.70. The van der Waals surface area contributed by atoms with Crippen molar-refractivity contribution >= 4 is 39.1 Å². The molecule has 2 aromatic carbocycles. The number of nitrogens with zero attached hydrogens (tertiary/aromatic N) is 4. The minimum Gasteiger partial charge on any atom is -0.396 e. The Kier molecular flexibility index (Phi) is 8.98. The standard InChI is InChI=1S/C30H35BrN6O4/c1-20(5-2-3-15-36-19-24(13-16-38)34-35-36)30(41)25-17-22(31)9-12-27(25)37(29(30)40)18-21-7-10-23(11-8-21)33-28(39)26-6-4-14-32-26/h2,5,7-12,17,19-20,26,32,38,41H,3-4,6,13-16,18H2,1H3,(H,33,39)/b5-2+/t20-,26-,30+/m1/s1. The van der Waals surface area contributed by atoms with E-state index in [1.165, 1.54) is 0 Å². The molecule has 216 valence electrons. The average molecular weight is 624 g/mol. The van der Waals surface area contributed by atoms with Gasteiger partial charge in [0.25, 0.3) is 5.91 Å². The normalized spacial score (nSPS) is 21.0. The molecule has 4 N–H and O–H groups in total. The fraction of sp³-hybridized carbons (Fsp3) is 0.400. The molecule has 1 fully saturated rings. The number of allylic oxidation sites excluding steroid dienone is 1.